The number of halogens is 3. The minimum atomic E-state index is -0.352. The molecule has 0 aliphatic heterocycles. The van der Waals surface area contributed by atoms with Crippen molar-refractivity contribution in [3.05, 3.63) is 69.6 Å². The number of aromatic nitrogens is 2. The SMILES string of the molecule is Cc1cc(Nc2cc(Cl)nc(-c3cccc(F)c3)n2)c(C)cc1Cl. The van der Waals surface area contributed by atoms with E-state index < -0.39 is 0 Å². The van der Waals surface area contributed by atoms with Gasteiger partial charge in [0.1, 0.15) is 16.8 Å². The van der Waals surface area contributed by atoms with Crippen LogP contribution in [0.25, 0.3) is 11.4 Å². The Morgan fingerprint density at radius 2 is 1.75 bits per heavy atom. The number of hydrogen-bond donors (Lipinski definition) is 1. The normalized spacial score (nSPS) is 10.7. The van der Waals surface area contributed by atoms with Gasteiger partial charge in [0.05, 0.1) is 0 Å². The minimum Gasteiger partial charge on any atom is -0.340 e. The Bertz CT molecular complexity index is 913. The number of nitrogens with zero attached hydrogens (tertiary/aromatic N) is 2. The molecule has 0 saturated carbocycles. The van der Waals surface area contributed by atoms with Crippen LogP contribution in [0.5, 0.6) is 0 Å². The maximum absolute atomic E-state index is 13.4. The molecule has 0 aliphatic rings. The quantitative estimate of drug-likeness (QED) is 0.585. The first-order valence-corrected chi connectivity index (χ1v) is 8.02. The molecule has 3 aromatic rings. The van der Waals surface area contributed by atoms with E-state index in [4.69, 9.17) is 23.2 Å². The first kappa shape index (κ1) is 16.7. The second-order valence-corrected chi connectivity index (χ2v) is 6.25. The highest BCUT2D eigenvalue weighted by molar-refractivity contribution is 6.31. The molecule has 0 unspecified atom stereocenters. The number of anilines is 2. The highest BCUT2D eigenvalue weighted by Crippen LogP contribution is 2.28. The Balaban J connectivity index is 1.99. The van der Waals surface area contributed by atoms with Crippen molar-refractivity contribution in [2.45, 2.75) is 13.8 Å². The molecular weight excluding hydrogens is 348 g/mol. The van der Waals surface area contributed by atoms with Crippen molar-refractivity contribution in [3.8, 4) is 11.4 Å². The van der Waals surface area contributed by atoms with Crippen LogP contribution < -0.4 is 5.32 Å². The molecule has 0 saturated heterocycles. The van der Waals surface area contributed by atoms with E-state index >= 15 is 0 Å². The predicted octanol–water partition coefficient (Wildman–Crippen LogP) is 5.95. The number of rotatable bonds is 3. The summed E-state index contributed by atoms with van der Waals surface area (Å²) in [5.41, 5.74) is 3.37. The average Bonchev–Trinajstić information content (AvgIpc) is 2.52. The Morgan fingerprint density at radius 1 is 0.958 bits per heavy atom. The fraction of sp³-hybridized carbons (Fsp3) is 0.111. The molecule has 2 aromatic carbocycles. The van der Waals surface area contributed by atoms with Gasteiger partial charge in [-0.3, -0.25) is 0 Å². The van der Waals surface area contributed by atoms with Crippen LogP contribution in [0.1, 0.15) is 11.1 Å². The highest BCUT2D eigenvalue weighted by atomic mass is 35.5. The van der Waals surface area contributed by atoms with E-state index in [2.05, 4.69) is 15.3 Å². The molecule has 3 nitrogen and oxygen atoms in total. The fourth-order valence-corrected chi connectivity index (χ4v) is 2.69. The Morgan fingerprint density at radius 3 is 2.50 bits per heavy atom. The second kappa shape index (κ2) is 6.75. The van der Waals surface area contributed by atoms with Crippen molar-refractivity contribution in [3.63, 3.8) is 0 Å². The molecule has 1 N–H and O–H groups in total. The lowest BCUT2D eigenvalue weighted by Gasteiger charge is -2.12. The number of hydrogen-bond acceptors (Lipinski definition) is 3. The van der Waals surface area contributed by atoms with Crippen molar-refractivity contribution >= 4 is 34.7 Å². The lowest BCUT2D eigenvalue weighted by Crippen LogP contribution is -2.00. The molecule has 0 spiro atoms. The molecule has 6 heteroatoms. The molecule has 1 aromatic heterocycles. The van der Waals surface area contributed by atoms with E-state index in [1.165, 1.54) is 12.1 Å². The highest BCUT2D eigenvalue weighted by Gasteiger charge is 2.09. The maximum atomic E-state index is 13.4. The third kappa shape index (κ3) is 3.66. The van der Waals surface area contributed by atoms with E-state index in [1.807, 2.05) is 26.0 Å². The zero-order valence-corrected chi connectivity index (χ0v) is 14.6. The minimum absolute atomic E-state index is 0.273. The summed E-state index contributed by atoms with van der Waals surface area (Å²) in [5, 5.41) is 4.20. The maximum Gasteiger partial charge on any atom is 0.163 e. The van der Waals surface area contributed by atoms with Gasteiger partial charge in [0, 0.05) is 22.3 Å². The Kier molecular flexibility index (Phi) is 4.69. The van der Waals surface area contributed by atoms with Gasteiger partial charge >= 0.3 is 0 Å². The second-order valence-electron chi connectivity index (χ2n) is 5.45. The van der Waals surface area contributed by atoms with Gasteiger partial charge in [-0.15, -0.1) is 0 Å². The largest absolute Gasteiger partial charge is 0.340 e. The summed E-state index contributed by atoms with van der Waals surface area (Å²) >= 11 is 12.2. The van der Waals surface area contributed by atoms with Crippen LogP contribution in [0.4, 0.5) is 15.9 Å². The van der Waals surface area contributed by atoms with Gasteiger partial charge in [-0.25, -0.2) is 14.4 Å². The van der Waals surface area contributed by atoms with Crippen molar-refractivity contribution < 1.29 is 4.39 Å². The molecule has 0 fully saturated rings. The van der Waals surface area contributed by atoms with E-state index in [1.54, 1.807) is 18.2 Å². The summed E-state index contributed by atoms with van der Waals surface area (Å²) in [6, 6.07) is 11.5. The summed E-state index contributed by atoms with van der Waals surface area (Å²) in [4.78, 5) is 8.59. The monoisotopic (exact) mass is 361 g/mol. The summed E-state index contributed by atoms with van der Waals surface area (Å²) in [5.74, 6) is 0.529. The van der Waals surface area contributed by atoms with Crippen LogP contribution in [0.2, 0.25) is 10.2 Å². The topological polar surface area (TPSA) is 37.8 Å². The van der Waals surface area contributed by atoms with Gasteiger partial charge in [0.15, 0.2) is 5.82 Å². The smallest absolute Gasteiger partial charge is 0.163 e. The Hall–Kier alpha value is -2.17. The molecule has 0 bridgehead atoms. The molecular formula is C18H14Cl2FN3. The van der Waals surface area contributed by atoms with E-state index in [9.17, 15) is 4.39 Å². The first-order valence-electron chi connectivity index (χ1n) is 7.26. The van der Waals surface area contributed by atoms with Gasteiger partial charge in [-0.1, -0.05) is 35.3 Å². The van der Waals surface area contributed by atoms with Crippen LogP contribution in [0, 0.1) is 19.7 Å². The van der Waals surface area contributed by atoms with Crippen LogP contribution in [-0.2, 0) is 0 Å². The molecule has 0 radical (unpaired) electrons. The summed E-state index contributed by atoms with van der Waals surface area (Å²) in [6.45, 7) is 3.88. The van der Waals surface area contributed by atoms with Gasteiger partial charge < -0.3 is 5.32 Å². The van der Waals surface area contributed by atoms with Gasteiger partial charge in [-0.2, -0.15) is 0 Å². The molecule has 0 amide bonds. The molecule has 0 atom stereocenters. The average molecular weight is 362 g/mol. The zero-order chi connectivity index (χ0) is 17.3. The standard InChI is InChI=1S/C18H14Cl2FN3/c1-10-7-15(11(2)6-14(10)19)22-17-9-16(20)23-18(24-17)12-4-3-5-13(21)8-12/h3-9H,1-2H3,(H,22,23,24). The molecule has 3 rings (SSSR count). The number of benzene rings is 2. The van der Waals surface area contributed by atoms with Crippen molar-refractivity contribution in [2.75, 3.05) is 5.32 Å². The van der Waals surface area contributed by atoms with Crippen LogP contribution in [0.15, 0.2) is 42.5 Å². The van der Waals surface area contributed by atoms with Crippen LogP contribution in [0.3, 0.4) is 0 Å². The summed E-state index contributed by atoms with van der Waals surface area (Å²) < 4.78 is 13.4. The molecule has 24 heavy (non-hydrogen) atoms. The zero-order valence-electron chi connectivity index (χ0n) is 13.1. The van der Waals surface area contributed by atoms with Crippen molar-refractivity contribution in [1.82, 2.24) is 9.97 Å². The van der Waals surface area contributed by atoms with Crippen LogP contribution in [-0.4, -0.2) is 9.97 Å². The summed E-state index contributed by atoms with van der Waals surface area (Å²) in [7, 11) is 0. The Labute approximate surface area is 149 Å². The lowest BCUT2D eigenvalue weighted by atomic mass is 10.1. The van der Waals surface area contributed by atoms with E-state index in [-0.39, 0.29) is 11.0 Å². The summed E-state index contributed by atoms with van der Waals surface area (Å²) in [6.07, 6.45) is 0. The van der Waals surface area contributed by atoms with Crippen LogP contribution >= 0.6 is 23.2 Å². The number of nitrogens with one attached hydrogen (secondary N) is 1. The van der Waals surface area contributed by atoms with E-state index in [0.29, 0.717) is 22.2 Å². The van der Waals surface area contributed by atoms with Crippen molar-refractivity contribution in [1.29, 1.82) is 0 Å². The van der Waals surface area contributed by atoms with Gasteiger partial charge in [0.2, 0.25) is 0 Å². The molecule has 0 aliphatic carbocycles. The van der Waals surface area contributed by atoms with Gasteiger partial charge in [0.25, 0.3) is 0 Å². The van der Waals surface area contributed by atoms with Crippen molar-refractivity contribution in [2.24, 2.45) is 0 Å². The lowest BCUT2D eigenvalue weighted by molar-refractivity contribution is 0.628. The third-order valence-corrected chi connectivity index (χ3v) is 4.15. The number of aryl methyl sites for hydroxylation is 2. The molecule has 1 heterocycles. The van der Waals surface area contributed by atoms with Gasteiger partial charge in [-0.05, 0) is 49.2 Å². The molecule has 122 valence electrons. The fourth-order valence-electron chi connectivity index (χ4n) is 2.29. The van der Waals surface area contributed by atoms with E-state index in [0.717, 1.165) is 16.8 Å². The third-order valence-electron chi connectivity index (χ3n) is 3.55. The first-order chi connectivity index (χ1) is 11.4. The predicted molar refractivity (Wildman–Crippen MR) is 96.6 cm³/mol.